The summed E-state index contributed by atoms with van der Waals surface area (Å²) < 4.78 is 6.40. The van der Waals surface area contributed by atoms with Crippen LogP contribution in [0.25, 0.3) is 11.0 Å². The van der Waals surface area contributed by atoms with E-state index in [1.54, 1.807) is 11.6 Å². The number of methoxy groups -OCH3 is 1. The van der Waals surface area contributed by atoms with Gasteiger partial charge in [0.1, 0.15) is 0 Å². The maximum Gasteiger partial charge on any atom is 0.374 e. The third kappa shape index (κ3) is 1.48. The van der Waals surface area contributed by atoms with Gasteiger partial charge in [-0.2, -0.15) is 0 Å². The minimum Gasteiger partial charge on any atom is -0.463 e. The molecule has 0 bridgehead atoms. The lowest BCUT2D eigenvalue weighted by Crippen LogP contribution is -2.08. The maximum atomic E-state index is 11.4. The molecular formula is C11H12N2O2. The number of hydrogen-bond donors (Lipinski definition) is 0. The van der Waals surface area contributed by atoms with Crippen LogP contribution in [0.2, 0.25) is 0 Å². The molecule has 2 aromatic rings. The van der Waals surface area contributed by atoms with Crippen LogP contribution in [-0.4, -0.2) is 22.6 Å². The number of carbonyl (C=O) groups is 1. The van der Waals surface area contributed by atoms with Gasteiger partial charge in [-0.15, -0.1) is 0 Å². The van der Waals surface area contributed by atoms with Crippen LogP contribution in [0.3, 0.4) is 0 Å². The summed E-state index contributed by atoms with van der Waals surface area (Å²) in [5.74, 6) is -0.0792. The molecule has 0 saturated heterocycles. The second kappa shape index (κ2) is 3.38. The van der Waals surface area contributed by atoms with Gasteiger partial charge in [0.2, 0.25) is 5.82 Å². The van der Waals surface area contributed by atoms with Crippen molar-refractivity contribution >= 4 is 17.0 Å². The van der Waals surface area contributed by atoms with Crippen LogP contribution in [0, 0.1) is 6.92 Å². The van der Waals surface area contributed by atoms with Gasteiger partial charge in [-0.05, 0) is 24.6 Å². The molecule has 0 aliphatic rings. The first-order valence-electron chi connectivity index (χ1n) is 4.65. The molecule has 15 heavy (non-hydrogen) atoms. The van der Waals surface area contributed by atoms with Crippen LogP contribution >= 0.6 is 0 Å². The molecule has 0 spiro atoms. The third-order valence-electron chi connectivity index (χ3n) is 2.40. The fourth-order valence-electron chi connectivity index (χ4n) is 1.57. The van der Waals surface area contributed by atoms with Crippen molar-refractivity contribution in [3.05, 3.63) is 29.6 Å². The molecule has 0 aliphatic carbocycles. The zero-order valence-corrected chi connectivity index (χ0v) is 8.94. The molecule has 2 rings (SSSR count). The van der Waals surface area contributed by atoms with E-state index >= 15 is 0 Å². The number of fused-ring (bicyclic) bond motifs is 1. The average molecular weight is 204 g/mol. The predicted molar refractivity (Wildman–Crippen MR) is 56.8 cm³/mol. The molecule has 78 valence electrons. The first-order chi connectivity index (χ1) is 7.13. The summed E-state index contributed by atoms with van der Waals surface area (Å²) in [7, 11) is 3.16. The molecule has 1 heterocycles. The van der Waals surface area contributed by atoms with Gasteiger partial charge in [-0.3, -0.25) is 0 Å². The molecule has 0 fully saturated rings. The van der Waals surface area contributed by atoms with E-state index in [4.69, 9.17) is 0 Å². The quantitative estimate of drug-likeness (QED) is 0.664. The Morgan fingerprint density at radius 3 is 2.87 bits per heavy atom. The lowest BCUT2D eigenvalue weighted by atomic mass is 10.2. The molecule has 0 saturated carbocycles. The predicted octanol–water partition coefficient (Wildman–Crippen LogP) is 1.67. The third-order valence-corrected chi connectivity index (χ3v) is 2.40. The molecule has 0 radical (unpaired) electrons. The lowest BCUT2D eigenvalue weighted by Gasteiger charge is -1.99. The summed E-state index contributed by atoms with van der Waals surface area (Å²) in [4.78, 5) is 15.6. The number of hydrogen-bond acceptors (Lipinski definition) is 3. The summed E-state index contributed by atoms with van der Waals surface area (Å²) >= 11 is 0. The van der Waals surface area contributed by atoms with E-state index in [2.05, 4.69) is 9.72 Å². The first kappa shape index (κ1) is 9.71. The summed E-state index contributed by atoms with van der Waals surface area (Å²) in [5.41, 5.74) is 2.89. The topological polar surface area (TPSA) is 44.1 Å². The highest BCUT2D eigenvalue weighted by atomic mass is 16.5. The Bertz CT molecular complexity index is 529. The van der Waals surface area contributed by atoms with Gasteiger partial charge in [0, 0.05) is 7.05 Å². The van der Waals surface area contributed by atoms with Crippen LogP contribution in [0.1, 0.15) is 16.2 Å². The molecule has 0 N–H and O–H groups in total. The number of aryl methyl sites for hydroxylation is 2. The monoisotopic (exact) mass is 204 g/mol. The Labute approximate surface area is 87.5 Å². The van der Waals surface area contributed by atoms with Crippen molar-refractivity contribution in [1.29, 1.82) is 0 Å². The molecule has 4 heteroatoms. The number of carbonyl (C=O) groups excluding carboxylic acids is 1. The molecule has 4 nitrogen and oxygen atoms in total. The van der Waals surface area contributed by atoms with Crippen molar-refractivity contribution in [2.45, 2.75) is 6.92 Å². The van der Waals surface area contributed by atoms with E-state index in [-0.39, 0.29) is 0 Å². The number of ether oxygens (including phenoxy) is 1. The summed E-state index contributed by atoms with van der Waals surface area (Å²) in [6.07, 6.45) is 0. The van der Waals surface area contributed by atoms with Gasteiger partial charge >= 0.3 is 5.97 Å². The van der Waals surface area contributed by atoms with Crippen molar-refractivity contribution < 1.29 is 9.53 Å². The molecule has 0 aliphatic heterocycles. The number of benzene rings is 1. The largest absolute Gasteiger partial charge is 0.463 e. The molecule has 0 unspecified atom stereocenters. The molecule has 1 aromatic carbocycles. The SMILES string of the molecule is COC(=O)c1nc2ccc(C)cc2n1C. The van der Waals surface area contributed by atoms with Crippen molar-refractivity contribution in [3.63, 3.8) is 0 Å². The van der Waals surface area contributed by atoms with Crippen LogP contribution < -0.4 is 0 Å². The Hall–Kier alpha value is -1.84. The van der Waals surface area contributed by atoms with E-state index in [1.165, 1.54) is 7.11 Å². The number of esters is 1. The Balaban J connectivity index is 2.69. The number of rotatable bonds is 1. The van der Waals surface area contributed by atoms with E-state index in [9.17, 15) is 4.79 Å². The van der Waals surface area contributed by atoms with Crippen molar-refractivity contribution in [1.82, 2.24) is 9.55 Å². The fraction of sp³-hybridized carbons (Fsp3) is 0.273. The van der Waals surface area contributed by atoms with E-state index < -0.39 is 5.97 Å². The zero-order chi connectivity index (χ0) is 11.0. The van der Waals surface area contributed by atoms with Gasteiger partial charge in [0.15, 0.2) is 0 Å². The normalized spacial score (nSPS) is 10.6. The smallest absolute Gasteiger partial charge is 0.374 e. The van der Waals surface area contributed by atoms with Gasteiger partial charge in [-0.1, -0.05) is 6.07 Å². The van der Waals surface area contributed by atoms with Gasteiger partial charge in [0.25, 0.3) is 0 Å². The van der Waals surface area contributed by atoms with Crippen molar-refractivity contribution in [2.24, 2.45) is 7.05 Å². The van der Waals surface area contributed by atoms with Crippen LogP contribution in [-0.2, 0) is 11.8 Å². The van der Waals surface area contributed by atoms with E-state index in [0.717, 1.165) is 16.6 Å². The van der Waals surface area contributed by atoms with Gasteiger partial charge in [-0.25, -0.2) is 9.78 Å². The van der Waals surface area contributed by atoms with Crippen molar-refractivity contribution in [2.75, 3.05) is 7.11 Å². The second-order valence-electron chi connectivity index (χ2n) is 3.48. The highest BCUT2D eigenvalue weighted by Gasteiger charge is 2.15. The molecule has 0 atom stereocenters. The number of imidazole rings is 1. The van der Waals surface area contributed by atoms with E-state index in [1.807, 2.05) is 25.1 Å². The Kier molecular flexibility index (Phi) is 2.19. The fourth-order valence-corrected chi connectivity index (χ4v) is 1.57. The summed E-state index contributed by atoms with van der Waals surface area (Å²) in [6, 6.07) is 5.86. The molecule has 0 amide bonds. The van der Waals surface area contributed by atoms with Gasteiger partial charge in [0.05, 0.1) is 18.1 Å². The number of nitrogens with zero attached hydrogens (tertiary/aromatic N) is 2. The van der Waals surface area contributed by atoms with Crippen LogP contribution in [0.4, 0.5) is 0 Å². The lowest BCUT2D eigenvalue weighted by molar-refractivity contribution is 0.0583. The first-order valence-corrected chi connectivity index (χ1v) is 4.65. The van der Waals surface area contributed by atoms with Crippen LogP contribution in [0.5, 0.6) is 0 Å². The molecule has 1 aromatic heterocycles. The van der Waals surface area contributed by atoms with Gasteiger partial charge < -0.3 is 9.30 Å². The summed E-state index contributed by atoms with van der Waals surface area (Å²) in [6.45, 7) is 2.00. The minimum absolute atomic E-state index is 0.332. The highest BCUT2D eigenvalue weighted by molar-refractivity contribution is 5.91. The number of aromatic nitrogens is 2. The minimum atomic E-state index is -0.411. The average Bonchev–Trinajstić information content (AvgIpc) is 2.55. The van der Waals surface area contributed by atoms with Crippen molar-refractivity contribution in [3.8, 4) is 0 Å². The Morgan fingerprint density at radius 2 is 2.20 bits per heavy atom. The zero-order valence-electron chi connectivity index (χ0n) is 8.94. The van der Waals surface area contributed by atoms with Crippen LogP contribution in [0.15, 0.2) is 18.2 Å². The maximum absolute atomic E-state index is 11.4. The Morgan fingerprint density at radius 1 is 1.47 bits per heavy atom. The standard InChI is InChI=1S/C11H12N2O2/c1-7-4-5-8-9(6-7)13(2)10(12-8)11(14)15-3/h4-6H,1-3H3. The molecular weight excluding hydrogens is 192 g/mol. The summed E-state index contributed by atoms with van der Waals surface area (Å²) in [5, 5.41) is 0. The van der Waals surface area contributed by atoms with E-state index in [0.29, 0.717) is 5.82 Å². The second-order valence-corrected chi connectivity index (χ2v) is 3.48. The highest BCUT2D eigenvalue weighted by Crippen LogP contribution is 2.16.